The highest BCUT2D eigenvalue weighted by atomic mass is 32.2. The minimum Gasteiger partial charge on any atom is -0.250 e. The summed E-state index contributed by atoms with van der Waals surface area (Å²) in [5, 5.41) is 0. The molecule has 0 amide bonds. The van der Waals surface area contributed by atoms with E-state index in [0.717, 1.165) is 18.4 Å². The Bertz CT molecular complexity index is 550. The lowest BCUT2D eigenvalue weighted by atomic mass is 10.1. The lowest BCUT2D eigenvalue weighted by Gasteiger charge is -2.12. The van der Waals surface area contributed by atoms with E-state index in [4.69, 9.17) is 10.6 Å². The van der Waals surface area contributed by atoms with Gasteiger partial charge in [0.2, 0.25) is 0 Å². The molecule has 0 N–H and O–H groups in total. The summed E-state index contributed by atoms with van der Waals surface area (Å²) >= 11 is 0. The number of hydrogen-bond donors (Lipinski definition) is 0. The van der Waals surface area contributed by atoms with Crippen LogP contribution in [0.3, 0.4) is 0 Å². The minimum absolute atomic E-state index is 0.127. The van der Waals surface area contributed by atoms with Crippen molar-refractivity contribution in [3.8, 4) is 12.3 Å². The number of rotatable bonds is 7. The summed E-state index contributed by atoms with van der Waals surface area (Å²) in [6, 6.07) is 6.47. The normalized spacial score (nSPS) is 12.6. The van der Waals surface area contributed by atoms with E-state index in [1.165, 1.54) is 12.1 Å². The molecule has 0 aliphatic carbocycles. The second kappa shape index (κ2) is 7.13. The van der Waals surface area contributed by atoms with Crippen molar-refractivity contribution in [2.45, 2.75) is 37.2 Å². The zero-order valence-electron chi connectivity index (χ0n) is 11.0. The molecule has 1 aromatic carbocycles. The maximum Gasteiger partial charge on any atom is 0.298 e. The fraction of sp³-hybridized carbons (Fsp3) is 0.333. The second-order valence-electron chi connectivity index (χ2n) is 4.24. The first-order valence-corrected chi connectivity index (χ1v) is 7.47. The Labute approximate surface area is 115 Å². The summed E-state index contributed by atoms with van der Waals surface area (Å²) < 4.78 is 29.1. The molecule has 0 saturated heterocycles. The highest BCUT2D eigenvalue weighted by molar-refractivity contribution is 7.86. The number of terminal acetylenes is 1. The van der Waals surface area contributed by atoms with E-state index in [9.17, 15) is 8.42 Å². The third-order valence-electron chi connectivity index (χ3n) is 2.61. The molecule has 1 rings (SSSR count). The maximum atomic E-state index is 12.0. The van der Waals surface area contributed by atoms with Crippen LogP contribution in [0.15, 0.2) is 41.8 Å². The molecule has 0 heterocycles. The average molecular weight is 278 g/mol. The molecule has 0 fully saturated rings. The van der Waals surface area contributed by atoms with Crippen molar-refractivity contribution < 1.29 is 12.6 Å². The van der Waals surface area contributed by atoms with Gasteiger partial charge >= 0.3 is 0 Å². The molecule has 0 radical (unpaired) electrons. The van der Waals surface area contributed by atoms with Gasteiger partial charge in [0.1, 0.15) is 6.10 Å². The fourth-order valence-corrected chi connectivity index (χ4v) is 2.56. The van der Waals surface area contributed by atoms with E-state index < -0.39 is 16.2 Å². The van der Waals surface area contributed by atoms with Gasteiger partial charge in [-0.1, -0.05) is 29.7 Å². The molecule has 1 aromatic rings. The standard InChI is InChI=1S/C15H18O3S/c1-4-6-7-8-14(5-2)18-19(16,17)15-11-9-13(3)10-12-15/h2,4,9-12,14H,1,6-8H2,3H3/t14-/m0/s1. The molecule has 0 saturated carbocycles. The van der Waals surface area contributed by atoms with Crippen LogP contribution in [0.4, 0.5) is 0 Å². The van der Waals surface area contributed by atoms with Crippen molar-refractivity contribution in [3.05, 3.63) is 42.5 Å². The molecule has 0 bridgehead atoms. The Morgan fingerprint density at radius 3 is 2.58 bits per heavy atom. The van der Waals surface area contributed by atoms with Crippen LogP contribution < -0.4 is 0 Å². The molecule has 0 aromatic heterocycles. The Balaban J connectivity index is 2.75. The lowest BCUT2D eigenvalue weighted by Crippen LogP contribution is -2.17. The average Bonchev–Trinajstić information content (AvgIpc) is 2.38. The van der Waals surface area contributed by atoms with E-state index in [1.807, 2.05) is 6.92 Å². The summed E-state index contributed by atoms with van der Waals surface area (Å²) in [4.78, 5) is 0.127. The smallest absolute Gasteiger partial charge is 0.250 e. The Hall–Kier alpha value is -1.57. The molecular weight excluding hydrogens is 260 g/mol. The predicted octanol–water partition coefficient (Wildman–Crippen LogP) is 3.06. The van der Waals surface area contributed by atoms with Crippen molar-refractivity contribution in [3.63, 3.8) is 0 Å². The molecule has 0 aliphatic rings. The number of aryl methyl sites for hydroxylation is 1. The third-order valence-corrected chi connectivity index (χ3v) is 3.95. The predicted molar refractivity (Wildman–Crippen MR) is 76.1 cm³/mol. The monoisotopic (exact) mass is 278 g/mol. The third kappa shape index (κ3) is 4.90. The number of hydrogen-bond acceptors (Lipinski definition) is 3. The van der Waals surface area contributed by atoms with Crippen LogP contribution >= 0.6 is 0 Å². The van der Waals surface area contributed by atoms with Gasteiger partial charge in [-0.25, -0.2) is 4.18 Å². The fourth-order valence-electron chi connectivity index (χ4n) is 1.52. The summed E-state index contributed by atoms with van der Waals surface area (Å²) in [7, 11) is -3.79. The molecular formula is C15H18O3S. The van der Waals surface area contributed by atoms with Gasteiger partial charge in [-0.15, -0.1) is 13.0 Å². The van der Waals surface area contributed by atoms with Gasteiger partial charge in [0.25, 0.3) is 10.1 Å². The van der Waals surface area contributed by atoms with Crippen LogP contribution in [0.5, 0.6) is 0 Å². The van der Waals surface area contributed by atoms with E-state index in [2.05, 4.69) is 12.5 Å². The van der Waals surface area contributed by atoms with Crippen molar-refractivity contribution in [1.82, 2.24) is 0 Å². The van der Waals surface area contributed by atoms with Crippen LogP contribution in [0, 0.1) is 19.3 Å². The highest BCUT2D eigenvalue weighted by Gasteiger charge is 2.19. The first-order valence-electron chi connectivity index (χ1n) is 6.06. The first kappa shape index (κ1) is 15.5. The van der Waals surface area contributed by atoms with Crippen molar-refractivity contribution in [1.29, 1.82) is 0 Å². The van der Waals surface area contributed by atoms with E-state index in [1.54, 1.807) is 18.2 Å². The van der Waals surface area contributed by atoms with Crippen molar-refractivity contribution in [2.75, 3.05) is 0 Å². The molecule has 1 atom stereocenters. The van der Waals surface area contributed by atoms with Crippen LogP contribution in [-0.2, 0) is 14.3 Å². The topological polar surface area (TPSA) is 43.4 Å². The molecule has 3 nitrogen and oxygen atoms in total. The number of benzene rings is 1. The quantitative estimate of drug-likeness (QED) is 0.333. The van der Waals surface area contributed by atoms with Gasteiger partial charge in [0.05, 0.1) is 4.90 Å². The van der Waals surface area contributed by atoms with Crippen molar-refractivity contribution >= 4 is 10.1 Å². The van der Waals surface area contributed by atoms with Gasteiger partial charge < -0.3 is 0 Å². The minimum atomic E-state index is -3.79. The molecule has 19 heavy (non-hydrogen) atoms. The Kier molecular flexibility index (Phi) is 5.81. The van der Waals surface area contributed by atoms with Gasteiger partial charge in [-0.05, 0) is 38.3 Å². The van der Waals surface area contributed by atoms with Crippen LogP contribution in [0.2, 0.25) is 0 Å². The molecule has 0 spiro atoms. The SMILES string of the molecule is C#C[C@@H](CCCC=C)OS(=O)(=O)c1ccc(C)cc1. The summed E-state index contributed by atoms with van der Waals surface area (Å²) in [5.41, 5.74) is 0.985. The van der Waals surface area contributed by atoms with Gasteiger partial charge in [-0.3, -0.25) is 0 Å². The Morgan fingerprint density at radius 1 is 1.42 bits per heavy atom. The zero-order chi connectivity index (χ0) is 14.3. The molecule has 0 unspecified atom stereocenters. The van der Waals surface area contributed by atoms with Gasteiger partial charge in [0, 0.05) is 0 Å². The van der Waals surface area contributed by atoms with Crippen LogP contribution in [0.1, 0.15) is 24.8 Å². The second-order valence-corrected chi connectivity index (χ2v) is 5.81. The molecule has 4 heteroatoms. The van der Waals surface area contributed by atoms with Crippen molar-refractivity contribution in [2.24, 2.45) is 0 Å². The van der Waals surface area contributed by atoms with E-state index >= 15 is 0 Å². The Morgan fingerprint density at radius 2 is 2.05 bits per heavy atom. The highest BCUT2D eigenvalue weighted by Crippen LogP contribution is 2.17. The summed E-state index contributed by atoms with van der Waals surface area (Å²) in [6.07, 6.45) is 8.36. The number of unbranched alkanes of at least 4 members (excludes halogenated alkanes) is 1. The zero-order valence-corrected chi connectivity index (χ0v) is 11.8. The summed E-state index contributed by atoms with van der Waals surface area (Å²) in [6.45, 7) is 5.49. The van der Waals surface area contributed by atoms with E-state index in [-0.39, 0.29) is 4.90 Å². The van der Waals surface area contributed by atoms with Gasteiger partial charge in [0.15, 0.2) is 0 Å². The first-order chi connectivity index (χ1) is 8.99. The molecule has 0 aliphatic heterocycles. The summed E-state index contributed by atoms with van der Waals surface area (Å²) in [5.74, 6) is 2.36. The van der Waals surface area contributed by atoms with Gasteiger partial charge in [-0.2, -0.15) is 8.42 Å². The van der Waals surface area contributed by atoms with E-state index in [0.29, 0.717) is 6.42 Å². The van der Waals surface area contributed by atoms with Crippen LogP contribution in [-0.4, -0.2) is 14.5 Å². The maximum absolute atomic E-state index is 12.0. The largest absolute Gasteiger partial charge is 0.298 e. The lowest BCUT2D eigenvalue weighted by molar-refractivity contribution is 0.251. The van der Waals surface area contributed by atoms with Crippen LogP contribution in [0.25, 0.3) is 0 Å². The number of allylic oxidation sites excluding steroid dienone is 1. The molecule has 102 valence electrons.